The molecule has 5 nitrogen and oxygen atoms in total. The van der Waals surface area contributed by atoms with Crippen molar-refractivity contribution in [2.45, 2.75) is 69.2 Å². The molecular formula is C25H35N3O2S2. The normalized spacial score (nSPS) is 15.9. The van der Waals surface area contributed by atoms with Crippen molar-refractivity contribution >= 4 is 40.2 Å². The van der Waals surface area contributed by atoms with Crippen molar-refractivity contribution in [2.75, 3.05) is 22.9 Å². The molecule has 1 unspecified atom stereocenters. The molecule has 0 aromatic heterocycles. The molecule has 1 atom stereocenters. The third kappa shape index (κ3) is 6.36. The van der Waals surface area contributed by atoms with Gasteiger partial charge in [-0.2, -0.15) is 0 Å². The molecule has 2 aromatic carbocycles. The summed E-state index contributed by atoms with van der Waals surface area (Å²) < 4.78 is 19.1. The Kier molecular flexibility index (Phi) is 8.42. The minimum Gasteiger partial charge on any atom is -0.330 e. The molecule has 1 fully saturated rings. The molecule has 3 rings (SSSR count). The van der Waals surface area contributed by atoms with Crippen molar-refractivity contribution in [3.05, 3.63) is 53.6 Å². The van der Waals surface area contributed by atoms with E-state index in [4.69, 9.17) is 0 Å². The van der Waals surface area contributed by atoms with Crippen LogP contribution >= 0.6 is 11.9 Å². The molecule has 174 valence electrons. The Morgan fingerprint density at radius 1 is 1.09 bits per heavy atom. The molecule has 32 heavy (non-hydrogen) atoms. The van der Waals surface area contributed by atoms with Crippen LogP contribution in [-0.2, 0) is 11.0 Å². The van der Waals surface area contributed by atoms with E-state index in [1.54, 1.807) is 41.1 Å². The lowest BCUT2D eigenvalue weighted by Crippen LogP contribution is -2.37. The summed E-state index contributed by atoms with van der Waals surface area (Å²) in [5.74, 6) is 0.370. The van der Waals surface area contributed by atoms with Gasteiger partial charge >= 0.3 is 0 Å². The predicted octanol–water partition coefficient (Wildman–Crippen LogP) is 6.11. The Morgan fingerprint density at radius 2 is 1.81 bits per heavy atom. The lowest BCUT2D eigenvalue weighted by atomic mass is 9.83. The number of hydrogen-bond acceptors (Lipinski definition) is 4. The van der Waals surface area contributed by atoms with E-state index in [9.17, 15) is 9.00 Å². The van der Waals surface area contributed by atoms with Crippen LogP contribution in [0.15, 0.2) is 47.4 Å². The molecule has 2 N–H and O–H groups in total. The van der Waals surface area contributed by atoms with Gasteiger partial charge in [-0.05, 0) is 81.5 Å². The van der Waals surface area contributed by atoms with Crippen LogP contribution in [-0.4, -0.2) is 29.0 Å². The largest absolute Gasteiger partial charge is 0.330 e. The Bertz CT molecular complexity index is 966. The molecule has 0 bridgehead atoms. The number of nitrogens with zero attached hydrogens (tertiary/aromatic N) is 1. The molecule has 1 aliphatic rings. The summed E-state index contributed by atoms with van der Waals surface area (Å²) in [6.45, 7) is 5.90. The minimum atomic E-state index is -1.38. The van der Waals surface area contributed by atoms with Crippen molar-refractivity contribution in [1.29, 1.82) is 0 Å². The van der Waals surface area contributed by atoms with E-state index in [1.165, 1.54) is 24.8 Å². The quantitative estimate of drug-likeness (QED) is 0.476. The summed E-state index contributed by atoms with van der Waals surface area (Å²) in [5.41, 5.74) is 3.49. The van der Waals surface area contributed by atoms with Gasteiger partial charge < -0.3 is 9.62 Å². The van der Waals surface area contributed by atoms with Gasteiger partial charge in [0.2, 0.25) is 0 Å². The van der Waals surface area contributed by atoms with Gasteiger partial charge in [-0.1, -0.05) is 37.3 Å². The maximum atomic E-state index is 13.4. The summed E-state index contributed by atoms with van der Waals surface area (Å²) in [4.78, 5) is 15.8. The van der Waals surface area contributed by atoms with Crippen LogP contribution in [0.4, 0.5) is 11.4 Å². The van der Waals surface area contributed by atoms with Crippen LogP contribution in [0.3, 0.4) is 0 Å². The average Bonchev–Trinajstić information content (AvgIpc) is 2.78. The number of nitrogens with one attached hydrogen (secondary N) is 2. The molecular weight excluding hydrogens is 438 g/mol. The zero-order chi connectivity index (χ0) is 23.3. The SMILES string of the molecule is CSNc1ccc(N(C)C(=O)c2cccc(S(=O)NC(C)(C)C)c2)c(C2CCCCC2)c1. The highest BCUT2D eigenvalue weighted by Gasteiger charge is 2.24. The van der Waals surface area contributed by atoms with Crippen LogP contribution < -0.4 is 14.3 Å². The molecule has 0 heterocycles. The van der Waals surface area contributed by atoms with E-state index < -0.39 is 11.0 Å². The van der Waals surface area contributed by atoms with Gasteiger partial charge in [-0.25, -0.2) is 8.93 Å². The van der Waals surface area contributed by atoms with Gasteiger partial charge in [0, 0.05) is 35.8 Å². The van der Waals surface area contributed by atoms with E-state index in [0.29, 0.717) is 16.4 Å². The first-order valence-corrected chi connectivity index (χ1v) is 13.6. The van der Waals surface area contributed by atoms with Gasteiger partial charge in [-0.3, -0.25) is 4.79 Å². The molecule has 7 heteroatoms. The number of hydrogen-bond donors (Lipinski definition) is 2. The fourth-order valence-corrected chi connectivity index (χ4v) is 5.64. The minimum absolute atomic E-state index is 0.0951. The summed E-state index contributed by atoms with van der Waals surface area (Å²) in [5, 5.41) is 0. The number of rotatable bonds is 7. The van der Waals surface area contributed by atoms with Gasteiger partial charge in [-0.15, -0.1) is 0 Å². The molecule has 0 radical (unpaired) electrons. The smallest absolute Gasteiger partial charge is 0.258 e. The van der Waals surface area contributed by atoms with E-state index >= 15 is 0 Å². The number of carbonyl (C=O) groups excluding carboxylic acids is 1. The Hall–Kier alpha value is -1.83. The number of anilines is 2. The van der Waals surface area contributed by atoms with Gasteiger partial charge in [0.25, 0.3) is 5.91 Å². The van der Waals surface area contributed by atoms with Gasteiger partial charge in [0.1, 0.15) is 11.0 Å². The predicted molar refractivity (Wildman–Crippen MR) is 138 cm³/mol. The number of amides is 1. The number of benzene rings is 2. The standard InChI is InChI=1S/C25H35N3O2S2/c1-25(2,3)27-32(30)21-13-9-12-19(16-21)24(29)28(4)23-15-14-20(26-31-5)17-22(23)18-10-7-6-8-11-18/h9,12-18,26-27H,6-8,10-11H2,1-5H3. The van der Waals surface area contributed by atoms with Crippen LogP contribution in [0.1, 0.15) is 74.7 Å². The Labute approximate surface area is 199 Å². The van der Waals surface area contributed by atoms with Crippen LogP contribution in [0, 0.1) is 0 Å². The molecule has 1 amide bonds. The monoisotopic (exact) mass is 473 g/mol. The second-order valence-corrected chi connectivity index (χ2v) is 11.3. The molecule has 0 spiro atoms. The van der Waals surface area contributed by atoms with Crippen molar-refractivity contribution in [1.82, 2.24) is 4.72 Å². The Balaban J connectivity index is 1.90. The third-order valence-corrected chi connectivity index (χ3v) is 7.57. The van der Waals surface area contributed by atoms with Crippen molar-refractivity contribution in [3.63, 3.8) is 0 Å². The van der Waals surface area contributed by atoms with Crippen molar-refractivity contribution < 1.29 is 9.00 Å². The molecule has 0 aliphatic heterocycles. The first-order valence-electron chi connectivity index (χ1n) is 11.2. The van der Waals surface area contributed by atoms with Crippen molar-refractivity contribution in [2.24, 2.45) is 0 Å². The van der Waals surface area contributed by atoms with E-state index in [1.807, 2.05) is 46.2 Å². The second-order valence-electron chi connectivity index (χ2n) is 9.43. The van der Waals surface area contributed by atoms with Crippen LogP contribution in [0.2, 0.25) is 0 Å². The fraction of sp³-hybridized carbons (Fsp3) is 0.480. The first kappa shape index (κ1) is 24.8. The maximum Gasteiger partial charge on any atom is 0.258 e. The van der Waals surface area contributed by atoms with Crippen LogP contribution in [0.5, 0.6) is 0 Å². The number of carbonyl (C=O) groups is 1. The molecule has 0 saturated heterocycles. The maximum absolute atomic E-state index is 13.4. The lowest BCUT2D eigenvalue weighted by Gasteiger charge is -2.28. The zero-order valence-corrected chi connectivity index (χ0v) is 21.4. The highest BCUT2D eigenvalue weighted by molar-refractivity contribution is 7.99. The fourth-order valence-electron chi connectivity index (χ4n) is 4.17. The van der Waals surface area contributed by atoms with E-state index in [2.05, 4.69) is 15.5 Å². The average molecular weight is 474 g/mol. The third-order valence-electron chi connectivity index (χ3n) is 5.65. The summed E-state index contributed by atoms with van der Waals surface area (Å²) in [7, 11) is 0.454. The molecule has 2 aromatic rings. The Morgan fingerprint density at radius 3 is 2.47 bits per heavy atom. The van der Waals surface area contributed by atoms with E-state index in [-0.39, 0.29) is 11.4 Å². The zero-order valence-electron chi connectivity index (χ0n) is 19.7. The van der Waals surface area contributed by atoms with Crippen molar-refractivity contribution in [3.8, 4) is 0 Å². The molecule has 1 aliphatic carbocycles. The highest BCUT2D eigenvalue weighted by atomic mass is 32.2. The first-order chi connectivity index (χ1) is 15.2. The summed E-state index contributed by atoms with van der Waals surface area (Å²) in [6, 6.07) is 13.4. The highest BCUT2D eigenvalue weighted by Crippen LogP contribution is 2.39. The summed E-state index contributed by atoms with van der Waals surface area (Å²) in [6.07, 6.45) is 8.08. The van der Waals surface area contributed by atoms with Gasteiger partial charge in [0.15, 0.2) is 0 Å². The van der Waals surface area contributed by atoms with Gasteiger partial charge in [0.05, 0.1) is 4.90 Å². The van der Waals surface area contributed by atoms with Crippen LogP contribution in [0.25, 0.3) is 0 Å². The molecule has 1 saturated carbocycles. The van der Waals surface area contributed by atoms with E-state index in [0.717, 1.165) is 24.2 Å². The summed E-state index contributed by atoms with van der Waals surface area (Å²) >= 11 is 1.57. The lowest BCUT2D eigenvalue weighted by molar-refractivity contribution is 0.0992. The second kappa shape index (κ2) is 10.9. The topological polar surface area (TPSA) is 61.4 Å².